The average Bonchev–Trinajstić information content (AvgIpc) is 2.15. The van der Waals surface area contributed by atoms with E-state index in [1.54, 1.807) is 11.9 Å². The van der Waals surface area contributed by atoms with Crippen LogP contribution in [-0.4, -0.2) is 13.0 Å². The molecule has 0 N–H and O–H groups in total. The first-order valence-electron chi connectivity index (χ1n) is 4.65. The van der Waals surface area contributed by atoms with Crippen LogP contribution >= 0.6 is 11.6 Å². The van der Waals surface area contributed by atoms with E-state index < -0.39 is 0 Å². The third kappa shape index (κ3) is 1.40. The smallest absolute Gasteiger partial charge is 0.227 e. The van der Waals surface area contributed by atoms with E-state index in [1.165, 1.54) is 5.56 Å². The Morgan fingerprint density at radius 3 is 2.79 bits per heavy atom. The maximum atomic E-state index is 11.4. The summed E-state index contributed by atoms with van der Waals surface area (Å²) in [6.45, 7) is 1.99. The van der Waals surface area contributed by atoms with Crippen LogP contribution < -0.4 is 4.90 Å². The molecule has 2 nitrogen and oxygen atoms in total. The molecule has 0 atom stereocenters. The predicted octanol–water partition coefficient (Wildman–Crippen LogP) is 2.56. The van der Waals surface area contributed by atoms with Gasteiger partial charge in [-0.3, -0.25) is 4.79 Å². The van der Waals surface area contributed by atoms with Crippen molar-refractivity contribution in [2.75, 3.05) is 11.9 Å². The van der Waals surface area contributed by atoms with Gasteiger partial charge in [0.2, 0.25) is 5.91 Å². The molecule has 1 aliphatic heterocycles. The first-order valence-corrected chi connectivity index (χ1v) is 5.03. The maximum absolute atomic E-state index is 11.4. The second-order valence-electron chi connectivity index (χ2n) is 3.68. The molecule has 0 aliphatic carbocycles. The molecule has 0 bridgehead atoms. The van der Waals surface area contributed by atoms with Crippen molar-refractivity contribution in [3.63, 3.8) is 0 Å². The number of carbonyl (C=O) groups is 1. The second-order valence-corrected chi connectivity index (χ2v) is 4.09. The molecule has 1 heterocycles. The van der Waals surface area contributed by atoms with Crippen LogP contribution in [0.1, 0.15) is 17.5 Å². The van der Waals surface area contributed by atoms with Crippen LogP contribution in [0.15, 0.2) is 12.1 Å². The highest BCUT2D eigenvalue weighted by molar-refractivity contribution is 6.31. The monoisotopic (exact) mass is 209 g/mol. The SMILES string of the molecule is Cc1cc2c(cc1Cl)N(C)C(=O)CC2. The Balaban J connectivity index is 2.55. The molecule has 14 heavy (non-hydrogen) atoms. The van der Waals surface area contributed by atoms with Crippen LogP contribution in [-0.2, 0) is 11.2 Å². The third-order valence-electron chi connectivity index (χ3n) is 2.70. The summed E-state index contributed by atoms with van der Waals surface area (Å²) in [6.07, 6.45) is 1.43. The molecule has 74 valence electrons. The summed E-state index contributed by atoms with van der Waals surface area (Å²) in [6, 6.07) is 3.95. The van der Waals surface area contributed by atoms with Crippen molar-refractivity contribution in [3.05, 3.63) is 28.3 Å². The molecule has 0 spiro atoms. The van der Waals surface area contributed by atoms with Gasteiger partial charge in [0.05, 0.1) is 0 Å². The second kappa shape index (κ2) is 3.28. The standard InChI is InChI=1S/C11H12ClNO/c1-7-5-8-3-4-11(14)13(2)10(8)6-9(7)12/h5-6H,3-4H2,1-2H3. The average molecular weight is 210 g/mol. The molecule has 2 rings (SSSR count). The Hall–Kier alpha value is -1.02. The molecule has 0 radical (unpaired) electrons. The van der Waals surface area contributed by atoms with E-state index in [9.17, 15) is 4.79 Å². The minimum atomic E-state index is 0.164. The molecular formula is C11H12ClNO. The molecule has 1 aromatic rings. The van der Waals surface area contributed by atoms with Crippen molar-refractivity contribution in [1.82, 2.24) is 0 Å². The Bertz CT molecular complexity index is 401. The van der Waals surface area contributed by atoms with E-state index in [0.717, 1.165) is 22.7 Å². The molecule has 1 aromatic carbocycles. The maximum Gasteiger partial charge on any atom is 0.227 e. The van der Waals surface area contributed by atoms with Gasteiger partial charge in [-0.15, -0.1) is 0 Å². The van der Waals surface area contributed by atoms with E-state index in [1.807, 2.05) is 13.0 Å². The molecule has 0 aromatic heterocycles. The first-order chi connectivity index (χ1) is 6.59. The van der Waals surface area contributed by atoms with Crippen LogP contribution in [0.3, 0.4) is 0 Å². The van der Waals surface area contributed by atoms with Crippen molar-refractivity contribution in [3.8, 4) is 0 Å². The molecule has 0 unspecified atom stereocenters. The molecule has 1 amide bonds. The van der Waals surface area contributed by atoms with Crippen molar-refractivity contribution in [2.45, 2.75) is 19.8 Å². The minimum absolute atomic E-state index is 0.164. The van der Waals surface area contributed by atoms with E-state index in [2.05, 4.69) is 6.07 Å². The number of fused-ring (bicyclic) bond motifs is 1. The van der Waals surface area contributed by atoms with Gasteiger partial charge in [-0.1, -0.05) is 17.7 Å². The summed E-state index contributed by atoms with van der Waals surface area (Å²) in [4.78, 5) is 13.1. The van der Waals surface area contributed by atoms with E-state index in [-0.39, 0.29) is 5.91 Å². The van der Waals surface area contributed by atoms with Gasteiger partial charge < -0.3 is 4.90 Å². The number of anilines is 1. The van der Waals surface area contributed by atoms with Crippen LogP contribution in [0.5, 0.6) is 0 Å². The van der Waals surface area contributed by atoms with Gasteiger partial charge >= 0.3 is 0 Å². The molecular weight excluding hydrogens is 198 g/mol. The van der Waals surface area contributed by atoms with Crippen LogP contribution in [0.25, 0.3) is 0 Å². The van der Waals surface area contributed by atoms with E-state index >= 15 is 0 Å². The van der Waals surface area contributed by atoms with Gasteiger partial charge in [0.1, 0.15) is 0 Å². The zero-order valence-electron chi connectivity index (χ0n) is 8.30. The van der Waals surface area contributed by atoms with Gasteiger partial charge in [0, 0.05) is 24.2 Å². The topological polar surface area (TPSA) is 20.3 Å². The predicted molar refractivity (Wildman–Crippen MR) is 57.9 cm³/mol. The molecule has 0 saturated carbocycles. The van der Waals surface area contributed by atoms with Crippen LogP contribution in [0.2, 0.25) is 5.02 Å². The summed E-state index contributed by atoms with van der Waals surface area (Å²) in [5.41, 5.74) is 3.25. The zero-order valence-corrected chi connectivity index (χ0v) is 9.06. The Morgan fingerprint density at radius 1 is 1.36 bits per heavy atom. The summed E-state index contributed by atoms with van der Waals surface area (Å²) in [5, 5.41) is 0.727. The number of carbonyl (C=O) groups excluding carboxylic acids is 1. The Labute approximate surface area is 88.5 Å². The van der Waals surface area contributed by atoms with Gasteiger partial charge in [-0.05, 0) is 30.5 Å². The van der Waals surface area contributed by atoms with Crippen LogP contribution in [0.4, 0.5) is 5.69 Å². The van der Waals surface area contributed by atoms with Crippen molar-refractivity contribution >= 4 is 23.2 Å². The fourth-order valence-electron chi connectivity index (χ4n) is 1.79. The fraction of sp³-hybridized carbons (Fsp3) is 0.364. The Kier molecular flexibility index (Phi) is 2.23. The fourth-order valence-corrected chi connectivity index (χ4v) is 1.94. The summed E-state index contributed by atoms with van der Waals surface area (Å²) < 4.78 is 0. The van der Waals surface area contributed by atoms with Crippen molar-refractivity contribution in [2.24, 2.45) is 0 Å². The van der Waals surface area contributed by atoms with E-state index in [0.29, 0.717) is 6.42 Å². The number of halogens is 1. The minimum Gasteiger partial charge on any atom is -0.315 e. The van der Waals surface area contributed by atoms with Crippen molar-refractivity contribution in [1.29, 1.82) is 0 Å². The lowest BCUT2D eigenvalue weighted by Gasteiger charge is -2.26. The molecule has 0 saturated heterocycles. The Morgan fingerprint density at radius 2 is 2.07 bits per heavy atom. The normalized spacial score (nSPS) is 15.6. The molecule has 1 aliphatic rings. The lowest BCUT2D eigenvalue weighted by Crippen LogP contribution is -2.31. The zero-order chi connectivity index (χ0) is 10.3. The highest BCUT2D eigenvalue weighted by atomic mass is 35.5. The quantitative estimate of drug-likeness (QED) is 0.643. The lowest BCUT2D eigenvalue weighted by atomic mass is 9.99. The van der Waals surface area contributed by atoms with Crippen LogP contribution in [0, 0.1) is 6.92 Å². The number of rotatable bonds is 0. The van der Waals surface area contributed by atoms with Gasteiger partial charge in [-0.25, -0.2) is 0 Å². The number of hydrogen-bond donors (Lipinski definition) is 0. The number of benzene rings is 1. The largest absolute Gasteiger partial charge is 0.315 e. The summed E-state index contributed by atoms with van der Waals surface area (Å²) in [7, 11) is 1.80. The van der Waals surface area contributed by atoms with Crippen molar-refractivity contribution < 1.29 is 4.79 Å². The number of aryl methyl sites for hydroxylation is 2. The third-order valence-corrected chi connectivity index (χ3v) is 3.11. The van der Waals surface area contributed by atoms with E-state index in [4.69, 9.17) is 11.6 Å². The lowest BCUT2D eigenvalue weighted by molar-refractivity contribution is -0.118. The number of amides is 1. The highest BCUT2D eigenvalue weighted by Crippen LogP contribution is 2.31. The molecule has 3 heteroatoms. The van der Waals surface area contributed by atoms with Gasteiger partial charge in [0.15, 0.2) is 0 Å². The van der Waals surface area contributed by atoms with Gasteiger partial charge in [-0.2, -0.15) is 0 Å². The van der Waals surface area contributed by atoms with Gasteiger partial charge in [0.25, 0.3) is 0 Å². The highest BCUT2D eigenvalue weighted by Gasteiger charge is 2.21. The summed E-state index contributed by atoms with van der Waals surface area (Å²) >= 11 is 6.02. The first kappa shape index (κ1) is 9.53. The number of nitrogens with zero attached hydrogens (tertiary/aromatic N) is 1. The number of hydrogen-bond acceptors (Lipinski definition) is 1. The summed E-state index contributed by atoms with van der Waals surface area (Å²) in [5.74, 6) is 0.164. The molecule has 0 fully saturated rings.